The zero-order valence-corrected chi connectivity index (χ0v) is 16.7. The number of hydrogen-bond acceptors (Lipinski definition) is 5. The molecule has 0 saturated carbocycles. The van der Waals surface area contributed by atoms with E-state index in [1.54, 1.807) is 0 Å². The van der Waals surface area contributed by atoms with Gasteiger partial charge in [-0.15, -0.1) is 0 Å². The van der Waals surface area contributed by atoms with E-state index < -0.39 is 22.8 Å². The first-order valence-electron chi connectivity index (χ1n) is 8.98. The molecule has 0 amide bonds. The molecule has 5 nitrogen and oxygen atoms in total. The third-order valence-corrected chi connectivity index (χ3v) is 8.08. The van der Waals surface area contributed by atoms with E-state index in [4.69, 9.17) is 14.2 Å². The summed E-state index contributed by atoms with van der Waals surface area (Å²) in [4.78, 5) is 12.7. The Morgan fingerprint density at radius 3 is 2.52 bits per heavy atom. The number of ether oxygens (including phenoxy) is 3. The molecule has 2 heterocycles. The fourth-order valence-electron chi connectivity index (χ4n) is 3.55. The Balaban J connectivity index is 1.45. The first-order valence-corrected chi connectivity index (χ1v) is 10.7. The van der Waals surface area contributed by atoms with Crippen LogP contribution in [0.25, 0.3) is 0 Å². The van der Waals surface area contributed by atoms with E-state index in [9.17, 15) is 9.90 Å². The van der Waals surface area contributed by atoms with Crippen LogP contribution in [0.4, 0.5) is 0 Å². The summed E-state index contributed by atoms with van der Waals surface area (Å²) in [6.45, 7) is 2.59. The fourth-order valence-corrected chi connectivity index (χ4v) is 6.21. The van der Waals surface area contributed by atoms with Gasteiger partial charge in [0.15, 0.2) is 0 Å². The molecule has 1 N–H and O–H groups in total. The number of hydrogen-bond donors (Lipinski definition) is 1. The van der Waals surface area contributed by atoms with Crippen molar-refractivity contribution in [3.05, 3.63) is 66.2 Å². The molecule has 0 spiro atoms. The zero-order chi connectivity index (χ0) is 18.9. The maximum absolute atomic E-state index is 12.7. The predicted molar refractivity (Wildman–Crippen MR) is 101 cm³/mol. The molecule has 4 rings (SSSR count). The van der Waals surface area contributed by atoms with Crippen molar-refractivity contribution in [3.63, 3.8) is 0 Å². The van der Waals surface area contributed by atoms with Crippen LogP contribution in [-0.2, 0) is 25.6 Å². The Kier molecular flexibility index (Phi) is 5.35. The van der Waals surface area contributed by atoms with E-state index in [1.807, 2.05) is 67.6 Å². The summed E-state index contributed by atoms with van der Waals surface area (Å²) in [5.41, 5.74) is 0.996. The zero-order valence-electron chi connectivity index (χ0n) is 15.0. The van der Waals surface area contributed by atoms with Crippen LogP contribution in [0, 0.1) is 5.92 Å². The van der Waals surface area contributed by atoms with Gasteiger partial charge in [0.2, 0.25) is 0 Å². The van der Waals surface area contributed by atoms with Gasteiger partial charge in [0, 0.05) is 0 Å². The SMILES string of the molecule is C[C@@]1([Se]c2ccccc2)C(=O)O[C@@H]2[C@@H](O)[C@@H](OCc3ccccc3)OC[C@@H]21. The number of benzene rings is 2. The van der Waals surface area contributed by atoms with Crippen molar-refractivity contribution in [2.24, 2.45) is 5.92 Å². The van der Waals surface area contributed by atoms with Crippen molar-refractivity contribution in [2.75, 3.05) is 6.61 Å². The molecule has 142 valence electrons. The molecule has 6 heteroatoms. The van der Waals surface area contributed by atoms with Crippen molar-refractivity contribution >= 4 is 25.4 Å². The van der Waals surface area contributed by atoms with Crippen molar-refractivity contribution in [3.8, 4) is 0 Å². The van der Waals surface area contributed by atoms with Crippen molar-refractivity contribution in [1.82, 2.24) is 0 Å². The van der Waals surface area contributed by atoms with Gasteiger partial charge in [-0.05, 0) is 0 Å². The molecular formula is C21H22O5Se. The van der Waals surface area contributed by atoms with E-state index in [-0.39, 0.29) is 26.8 Å². The normalized spacial score (nSPS) is 32.7. The molecule has 27 heavy (non-hydrogen) atoms. The summed E-state index contributed by atoms with van der Waals surface area (Å²) >= 11 is -0.119. The van der Waals surface area contributed by atoms with E-state index >= 15 is 0 Å². The molecule has 2 aromatic rings. The second-order valence-corrected chi connectivity index (χ2v) is 10.2. The molecule has 5 atom stereocenters. The third kappa shape index (κ3) is 3.68. The van der Waals surface area contributed by atoms with Crippen LogP contribution in [0.2, 0.25) is 4.31 Å². The van der Waals surface area contributed by atoms with Crippen LogP contribution in [0.15, 0.2) is 60.7 Å². The number of carbonyl (C=O) groups is 1. The van der Waals surface area contributed by atoms with Crippen molar-refractivity contribution in [2.45, 2.75) is 36.3 Å². The number of fused-ring (bicyclic) bond motifs is 1. The maximum atomic E-state index is 12.7. The number of carbonyl (C=O) groups excluding carboxylic acids is 1. The summed E-state index contributed by atoms with van der Waals surface area (Å²) in [6.07, 6.45) is -2.39. The summed E-state index contributed by atoms with van der Waals surface area (Å²) in [5, 5.41) is 10.7. The minimum absolute atomic E-state index is 0.119. The second-order valence-electron chi connectivity index (χ2n) is 6.99. The van der Waals surface area contributed by atoms with Gasteiger partial charge < -0.3 is 0 Å². The molecule has 2 aliphatic rings. The van der Waals surface area contributed by atoms with E-state index in [2.05, 4.69) is 0 Å². The van der Waals surface area contributed by atoms with E-state index in [0.29, 0.717) is 13.2 Å². The van der Waals surface area contributed by atoms with Crippen LogP contribution < -0.4 is 4.46 Å². The number of rotatable bonds is 5. The van der Waals surface area contributed by atoms with Gasteiger partial charge in [-0.3, -0.25) is 0 Å². The van der Waals surface area contributed by atoms with E-state index in [0.717, 1.165) is 10.0 Å². The Labute approximate surface area is 164 Å². The molecule has 0 aromatic heterocycles. The number of esters is 1. The van der Waals surface area contributed by atoms with Gasteiger partial charge in [0.25, 0.3) is 0 Å². The number of aliphatic hydroxyl groups is 1. The second kappa shape index (κ2) is 7.74. The van der Waals surface area contributed by atoms with Gasteiger partial charge in [-0.1, -0.05) is 0 Å². The average Bonchev–Trinajstić information content (AvgIpc) is 2.94. The monoisotopic (exact) mass is 434 g/mol. The Bertz CT molecular complexity index is 784. The van der Waals surface area contributed by atoms with Crippen molar-refractivity contribution in [1.29, 1.82) is 0 Å². The van der Waals surface area contributed by atoms with Crippen LogP contribution in [0.3, 0.4) is 0 Å². The van der Waals surface area contributed by atoms with Gasteiger partial charge in [0.1, 0.15) is 0 Å². The molecule has 2 aliphatic heterocycles. The molecule has 0 radical (unpaired) electrons. The van der Waals surface area contributed by atoms with Crippen LogP contribution in [0.1, 0.15) is 12.5 Å². The number of aliphatic hydroxyl groups excluding tert-OH is 1. The first-order chi connectivity index (χ1) is 13.1. The van der Waals surface area contributed by atoms with Gasteiger partial charge in [-0.2, -0.15) is 0 Å². The predicted octanol–water partition coefficient (Wildman–Crippen LogP) is 1.67. The molecule has 0 bridgehead atoms. The summed E-state index contributed by atoms with van der Waals surface area (Å²) in [6, 6.07) is 19.7. The summed E-state index contributed by atoms with van der Waals surface area (Å²) in [7, 11) is 0. The van der Waals surface area contributed by atoms with Gasteiger partial charge in [-0.25, -0.2) is 0 Å². The van der Waals surface area contributed by atoms with Crippen LogP contribution in [-0.4, -0.2) is 51.1 Å². The summed E-state index contributed by atoms with van der Waals surface area (Å²) < 4.78 is 17.6. The average molecular weight is 433 g/mol. The molecule has 2 aromatic carbocycles. The van der Waals surface area contributed by atoms with E-state index in [1.165, 1.54) is 0 Å². The Hall–Kier alpha value is -1.69. The van der Waals surface area contributed by atoms with Gasteiger partial charge in [0.05, 0.1) is 0 Å². The quantitative estimate of drug-likeness (QED) is 0.574. The van der Waals surface area contributed by atoms with Crippen molar-refractivity contribution < 1.29 is 24.1 Å². The standard InChI is InChI=1S/C21H22O5Se/c1-21(27-15-10-6-3-7-11-15)16-13-25-19(17(22)18(16)26-20(21)23)24-12-14-8-4-2-5-9-14/h2-11,16-19,22H,12-13H2,1H3/t16-,17+,18-,19-,21-/m0/s1. The van der Waals surface area contributed by atoms with Crippen LogP contribution >= 0.6 is 0 Å². The molecule has 2 fully saturated rings. The Morgan fingerprint density at radius 2 is 1.81 bits per heavy atom. The molecule has 0 aliphatic carbocycles. The van der Waals surface area contributed by atoms with Crippen LogP contribution in [0.5, 0.6) is 0 Å². The summed E-state index contributed by atoms with van der Waals surface area (Å²) in [5.74, 6) is -0.440. The molecular weight excluding hydrogens is 411 g/mol. The van der Waals surface area contributed by atoms with Gasteiger partial charge >= 0.3 is 165 Å². The Morgan fingerprint density at radius 1 is 1.15 bits per heavy atom. The minimum atomic E-state index is -0.996. The first kappa shape index (κ1) is 18.7. The molecule has 2 saturated heterocycles. The fraction of sp³-hybridized carbons (Fsp3) is 0.381. The molecule has 0 unspecified atom stereocenters. The topological polar surface area (TPSA) is 65.0 Å². The third-order valence-electron chi connectivity index (χ3n) is 5.14.